The Balaban J connectivity index is 1.88. The Bertz CT molecular complexity index is 986. The minimum absolute atomic E-state index is 0.0992. The van der Waals surface area contributed by atoms with Crippen LogP contribution in [0.15, 0.2) is 54.2 Å². The molecule has 1 aliphatic heterocycles. The lowest BCUT2D eigenvalue weighted by atomic mass is 10.0. The molecule has 170 valence electrons. The van der Waals surface area contributed by atoms with Gasteiger partial charge in [-0.3, -0.25) is 14.5 Å². The normalized spacial score (nSPS) is 14.0. The average Bonchev–Trinajstić information content (AvgIpc) is 3.00. The molecule has 1 heterocycles. The molecule has 0 atom stereocenters. The molecule has 0 saturated carbocycles. The SMILES string of the molecule is CCCOc1cccc(NC2=C(c3ccc(Cl)cc3)C(=O)N(CCCOC(C)C)C2=O)c1. The van der Waals surface area contributed by atoms with Gasteiger partial charge in [-0.15, -0.1) is 0 Å². The molecule has 0 radical (unpaired) electrons. The quantitative estimate of drug-likeness (QED) is 0.374. The van der Waals surface area contributed by atoms with Gasteiger partial charge >= 0.3 is 0 Å². The molecule has 6 nitrogen and oxygen atoms in total. The number of nitrogens with one attached hydrogen (secondary N) is 1. The molecule has 7 heteroatoms. The van der Waals surface area contributed by atoms with Gasteiger partial charge in [0.1, 0.15) is 11.4 Å². The second-order valence-corrected chi connectivity index (χ2v) is 8.23. The van der Waals surface area contributed by atoms with Crippen LogP contribution in [-0.2, 0) is 14.3 Å². The molecule has 0 fully saturated rings. The van der Waals surface area contributed by atoms with Crippen molar-refractivity contribution in [2.45, 2.75) is 39.7 Å². The number of carbonyl (C=O) groups is 2. The highest BCUT2D eigenvalue weighted by molar-refractivity contribution is 6.36. The molecule has 2 amide bonds. The van der Waals surface area contributed by atoms with Crippen LogP contribution in [0.4, 0.5) is 5.69 Å². The number of rotatable bonds is 11. The number of hydrogen-bond donors (Lipinski definition) is 1. The van der Waals surface area contributed by atoms with Crippen molar-refractivity contribution in [1.29, 1.82) is 0 Å². The highest BCUT2D eigenvalue weighted by Gasteiger charge is 2.38. The number of ether oxygens (including phenoxy) is 2. The van der Waals surface area contributed by atoms with Gasteiger partial charge < -0.3 is 14.8 Å². The molecular weight excluding hydrogens is 428 g/mol. The van der Waals surface area contributed by atoms with Gasteiger partial charge in [0.25, 0.3) is 11.8 Å². The molecule has 0 bridgehead atoms. The topological polar surface area (TPSA) is 67.9 Å². The maximum atomic E-state index is 13.2. The van der Waals surface area contributed by atoms with Gasteiger partial charge in [0, 0.05) is 29.9 Å². The molecular formula is C25H29ClN2O4. The number of amides is 2. The lowest BCUT2D eigenvalue weighted by Gasteiger charge is -2.16. The maximum absolute atomic E-state index is 13.2. The summed E-state index contributed by atoms with van der Waals surface area (Å²) in [5.41, 5.74) is 1.88. The summed E-state index contributed by atoms with van der Waals surface area (Å²) >= 11 is 6.03. The summed E-state index contributed by atoms with van der Waals surface area (Å²) in [5, 5.41) is 3.72. The van der Waals surface area contributed by atoms with Crippen LogP contribution in [0.25, 0.3) is 5.57 Å². The van der Waals surface area contributed by atoms with Gasteiger partial charge in [-0.25, -0.2) is 0 Å². The van der Waals surface area contributed by atoms with Crippen LogP contribution in [0.5, 0.6) is 5.75 Å². The number of imide groups is 1. The predicted octanol–water partition coefficient (Wildman–Crippen LogP) is 5.14. The molecule has 1 aliphatic rings. The lowest BCUT2D eigenvalue weighted by Crippen LogP contribution is -2.34. The number of hydrogen-bond acceptors (Lipinski definition) is 5. The summed E-state index contributed by atoms with van der Waals surface area (Å²) in [6.45, 7) is 7.30. The van der Waals surface area contributed by atoms with E-state index in [0.717, 1.165) is 6.42 Å². The van der Waals surface area contributed by atoms with E-state index >= 15 is 0 Å². The van der Waals surface area contributed by atoms with Gasteiger partial charge in [0.2, 0.25) is 0 Å². The Labute approximate surface area is 194 Å². The van der Waals surface area contributed by atoms with E-state index in [1.807, 2.05) is 45.0 Å². The van der Waals surface area contributed by atoms with Gasteiger partial charge in [-0.1, -0.05) is 36.7 Å². The molecule has 3 rings (SSSR count). The molecule has 2 aromatic rings. The summed E-state index contributed by atoms with van der Waals surface area (Å²) in [5.74, 6) is 0.0112. The standard InChI is InChI=1S/C25H29ClN2O4/c1-4-14-32-21-8-5-7-20(16-21)27-23-22(18-9-11-19(26)12-10-18)24(29)28(25(23)30)13-6-15-31-17(2)3/h5,7-12,16-17,27H,4,6,13-15H2,1-3H3. The first-order valence-electron chi connectivity index (χ1n) is 10.9. The molecule has 0 aliphatic carbocycles. The minimum Gasteiger partial charge on any atom is -0.494 e. The zero-order valence-electron chi connectivity index (χ0n) is 18.7. The predicted molar refractivity (Wildman–Crippen MR) is 127 cm³/mol. The monoisotopic (exact) mass is 456 g/mol. The Morgan fingerprint density at radius 3 is 2.47 bits per heavy atom. The van der Waals surface area contributed by atoms with Gasteiger partial charge in [0.15, 0.2) is 0 Å². The highest BCUT2D eigenvalue weighted by Crippen LogP contribution is 2.32. The fourth-order valence-electron chi connectivity index (χ4n) is 3.35. The minimum atomic E-state index is -0.357. The maximum Gasteiger partial charge on any atom is 0.278 e. The van der Waals surface area contributed by atoms with E-state index < -0.39 is 0 Å². The third-order valence-electron chi connectivity index (χ3n) is 4.85. The van der Waals surface area contributed by atoms with Crippen LogP contribution in [-0.4, -0.2) is 42.6 Å². The second kappa shape index (κ2) is 11.2. The first kappa shape index (κ1) is 23.8. The van der Waals surface area contributed by atoms with Crippen LogP contribution in [0.1, 0.15) is 39.2 Å². The summed E-state index contributed by atoms with van der Waals surface area (Å²) in [6.07, 6.45) is 1.56. The molecule has 0 unspecified atom stereocenters. The highest BCUT2D eigenvalue weighted by atomic mass is 35.5. The summed E-state index contributed by atoms with van der Waals surface area (Å²) < 4.78 is 11.2. The van der Waals surface area contributed by atoms with E-state index in [1.165, 1.54) is 4.90 Å². The first-order chi connectivity index (χ1) is 15.4. The Morgan fingerprint density at radius 2 is 1.78 bits per heavy atom. The Hall–Kier alpha value is -2.83. The van der Waals surface area contributed by atoms with Crippen molar-refractivity contribution in [3.8, 4) is 5.75 Å². The summed E-state index contributed by atoms with van der Waals surface area (Å²) in [7, 11) is 0. The Morgan fingerprint density at radius 1 is 1.03 bits per heavy atom. The van der Waals surface area contributed by atoms with Crippen molar-refractivity contribution < 1.29 is 19.1 Å². The third kappa shape index (κ3) is 5.90. The van der Waals surface area contributed by atoms with Crippen molar-refractivity contribution in [3.63, 3.8) is 0 Å². The molecule has 0 saturated heterocycles. The van der Waals surface area contributed by atoms with Gasteiger partial charge in [0.05, 0.1) is 18.3 Å². The van der Waals surface area contributed by atoms with Crippen molar-refractivity contribution in [1.82, 2.24) is 4.90 Å². The Kier molecular flexibility index (Phi) is 8.31. The van der Waals surface area contributed by atoms with Crippen molar-refractivity contribution in [3.05, 3.63) is 64.8 Å². The first-order valence-corrected chi connectivity index (χ1v) is 11.3. The zero-order chi connectivity index (χ0) is 23.1. The van der Waals surface area contributed by atoms with E-state index in [4.69, 9.17) is 21.1 Å². The number of anilines is 1. The van der Waals surface area contributed by atoms with E-state index in [1.54, 1.807) is 24.3 Å². The van der Waals surface area contributed by atoms with Gasteiger partial charge in [-0.05, 0) is 56.5 Å². The molecule has 1 N–H and O–H groups in total. The number of benzene rings is 2. The van der Waals surface area contributed by atoms with E-state index in [-0.39, 0.29) is 30.2 Å². The summed E-state index contributed by atoms with van der Waals surface area (Å²) in [4.78, 5) is 27.8. The van der Waals surface area contributed by atoms with E-state index in [2.05, 4.69) is 5.32 Å². The van der Waals surface area contributed by atoms with Crippen molar-refractivity contribution in [2.75, 3.05) is 25.1 Å². The second-order valence-electron chi connectivity index (χ2n) is 7.79. The zero-order valence-corrected chi connectivity index (χ0v) is 19.4. The van der Waals surface area contributed by atoms with Crippen LogP contribution in [0.2, 0.25) is 5.02 Å². The molecule has 32 heavy (non-hydrogen) atoms. The largest absolute Gasteiger partial charge is 0.494 e. The van der Waals surface area contributed by atoms with Gasteiger partial charge in [-0.2, -0.15) is 0 Å². The van der Waals surface area contributed by atoms with Crippen LogP contribution in [0, 0.1) is 0 Å². The average molecular weight is 457 g/mol. The number of carbonyl (C=O) groups excluding carboxylic acids is 2. The fourth-order valence-corrected chi connectivity index (χ4v) is 3.48. The van der Waals surface area contributed by atoms with E-state index in [9.17, 15) is 9.59 Å². The summed E-state index contributed by atoms with van der Waals surface area (Å²) in [6, 6.07) is 14.3. The molecule has 0 aromatic heterocycles. The smallest absolute Gasteiger partial charge is 0.278 e. The van der Waals surface area contributed by atoms with Crippen LogP contribution >= 0.6 is 11.6 Å². The van der Waals surface area contributed by atoms with E-state index in [0.29, 0.717) is 47.2 Å². The molecule has 0 spiro atoms. The molecule has 2 aromatic carbocycles. The van der Waals surface area contributed by atoms with Crippen LogP contribution in [0.3, 0.4) is 0 Å². The van der Waals surface area contributed by atoms with Crippen LogP contribution < -0.4 is 10.1 Å². The lowest BCUT2D eigenvalue weighted by molar-refractivity contribution is -0.137. The van der Waals surface area contributed by atoms with Crippen molar-refractivity contribution in [2.24, 2.45) is 0 Å². The number of nitrogens with zero attached hydrogens (tertiary/aromatic N) is 1. The van der Waals surface area contributed by atoms with Crippen molar-refractivity contribution >= 4 is 34.7 Å². The number of halogens is 1. The fraction of sp³-hybridized carbons (Fsp3) is 0.360. The third-order valence-corrected chi connectivity index (χ3v) is 5.11.